The van der Waals surface area contributed by atoms with Crippen molar-refractivity contribution in [1.29, 1.82) is 0 Å². The lowest BCUT2D eigenvalue weighted by molar-refractivity contribution is 0.0964. The summed E-state index contributed by atoms with van der Waals surface area (Å²) in [6.45, 7) is 6.48. The summed E-state index contributed by atoms with van der Waals surface area (Å²) in [5, 5.41) is 0. The van der Waals surface area contributed by atoms with Crippen molar-refractivity contribution < 1.29 is 4.74 Å². The Labute approximate surface area is 104 Å². The minimum atomic E-state index is 0.159. The molecule has 1 aromatic rings. The van der Waals surface area contributed by atoms with Crippen LogP contribution in [-0.2, 0) is 4.74 Å². The van der Waals surface area contributed by atoms with Crippen LogP contribution >= 0.6 is 0 Å². The summed E-state index contributed by atoms with van der Waals surface area (Å²) >= 11 is 0. The molecule has 17 heavy (non-hydrogen) atoms. The van der Waals surface area contributed by atoms with Gasteiger partial charge in [-0.3, -0.25) is 9.88 Å². The number of hydrogen-bond acceptors (Lipinski definition) is 4. The molecule has 1 atom stereocenters. The largest absolute Gasteiger partial charge is 0.383 e. The van der Waals surface area contributed by atoms with Gasteiger partial charge in [-0.2, -0.15) is 0 Å². The predicted molar refractivity (Wildman–Crippen MR) is 69.8 cm³/mol. The third-order valence-corrected chi connectivity index (χ3v) is 2.87. The summed E-state index contributed by atoms with van der Waals surface area (Å²) in [5.41, 5.74) is 6.92. The molecule has 2 N–H and O–H groups in total. The Morgan fingerprint density at radius 3 is 2.65 bits per heavy atom. The van der Waals surface area contributed by atoms with E-state index in [0.29, 0.717) is 19.2 Å². The topological polar surface area (TPSA) is 51.4 Å². The van der Waals surface area contributed by atoms with Crippen molar-refractivity contribution in [3.8, 4) is 0 Å². The van der Waals surface area contributed by atoms with Gasteiger partial charge in [-0.05, 0) is 26.0 Å². The van der Waals surface area contributed by atoms with Gasteiger partial charge in [0.05, 0.1) is 18.3 Å². The molecule has 0 radical (unpaired) electrons. The van der Waals surface area contributed by atoms with E-state index in [1.807, 2.05) is 24.4 Å². The summed E-state index contributed by atoms with van der Waals surface area (Å²) in [4.78, 5) is 6.72. The Hall–Kier alpha value is -0.970. The summed E-state index contributed by atoms with van der Waals surface area (Å²) in [7, 11) is 1.72. The third-order valence-electron chi connectivity index (χ3n) is 2.87. The van der Waals surface area contributed by atoms with E-state index < -0.39 is 0 Å². The number of nitrogens with zero attached hydrogens (tertiary/aromatic N) is 2. The van der Waals surface area contributed by atoms with Gasteiger partial charge in [0.25, 0.3) is 0 Å². The number of methoxy groups -OCH3 is 1. The predicted octanol–water partition coefficient (Wildman–Crippen LogP) is 1.44. The maximum absolute atomic E-state index is 5.89. The SMILES string of the molecule is COCCN(C(C)C)C(CN)c1ccccn1. The highest BCUT2D eigenvalue weighted by Gasteiger charge is 2.22. The van der Waals surface area contributed by atoms with Gasteiger partial charge >= 0.3 is 0 Å². The third kappa shape index (κ3) is 4.07. The highest BCUT2D eigenvalue weighted by Crippen LogP contribution is 2.19. The number of pyridine rings is 1. The lowest BCUT2D eigenvalue weighted by Gasteiger charge is -2.33. The van der Waals surface area contributed by atoms with Crippen molar-refractivity contribution in [2.45, 2.75) is 25.9 Å². The van der Waals surface area contributed by atoms with Gasteiger partial charge in [-0.15, -0.1) is 0 Å². The zero-order valence-corrected chi connectivity index (χ0v) is 11.0. The van der Waals surface area contributed by atoms with E-state index in [1.165, 1.54) is 0 Å². The first-order valence-corrected chi connectivity index (χ1v) is 6.06. The maximum atomic E-state index is 5.89. The average molecular weight is 237 g/mol. The van der Waals surface area contributed by atoms with Crippen molar-refractivity contribution >= 4 is 0 Å². The monoisotopic (exact) mass is 237 g/mol. The quantitative estimate of drug-likeness (QED) is 0.779. The van der Waals surface area contributed by atoms with Crippen LogP contribution in [0.25, 0.3) is 0 Å². The molecule has 0 spiro atoms. The van der Waals surface area contributed by atoms with E-state index in [4.69, 9.17) is 10.5 Å². The van der Waals surface area contributed by atoms with Gasteiger partial charge in [0.15, 0.2) is 0 Å². The molecule has 1 unspecified atom stereocenters. The van der Waals surface area contributed by atoms with E-state index in [-0.39, 0.29) is 6.04 Å². The van der Waals surface area contributed by atoms with Crippen LogP contribution in [0.3, 0.4) is 0 Å². The highest BCUT2D eigenvalue weighted by molar-refractivity contribution is 5.09. The van der Waals surface area contributed by atoms with E-state index in [2.05, 4.69) is 23.7 Å². The number of hydrogen-bond donors (Lipinski definition) is 1. The van der Waals surface area contributed by atoms with Crippen molar-refractivity contribution in [3.63, 3.8) is 0 Å². The highest BCUT2D eigenvalue weighted by atomic mass is 16.5. The molecule has 4 heteroatoms. The first-order valence-electron chi connectivity index (χ1n) is 6.06. The van der Waals surface area contributed by atoms with Gasteiger partial charge in [0, 0.05) is 32.4 Å². The van der Waals surface area contributed by atoms with E-state index in [0.717, 1.165) is 12.2 Å². The molecule has 4 nitrogen and oxygen atoms in total. The Bertz CT molecular complexity index is 303. The second-order valence-electron chi connectivity index (χ2n) is 4.33. The fourth-order valence-electron chi connectivity index (χ4n) is 1.97. The number of rotatable bonds is 7. The second kappa shape index (κ2) is 7.37. The van der Waals surface area contributed by atoms with E-state index in [9.17, 15) is 0 Å². The molecule has 1 heterocycles. The smallest absolute Gasteiger partial charge is 0.0647 e. The van der Waals surface area contributed by atoms with Crippen LogP contribution in [-0.4, -0.2) is 42.7 Å². The maximum Gasteiger partial charge on any atom is 0.0647 e. The molecule has 0 bridgehead atoms. The number of nitrogens with two attached hydrogens (primary N) is 1. The molecule has 0 aliphatic carbocycles. The molecule has 0 aliphatic rings. The molecular weight excluding hydrogens is 214 g/mol. The standard InChI is InChI=1S/C13H23N3O/c1-11(2)16(8-9-17-3)13(10-14)12-6-4-5-7-15-12/h4-7,11,13H,8-10,14H2,1-3H3. The fraction of sp³-hybridized carbons (Fsp3) is 0.615. The Balaban J connectivity index is 2.81. The minimum absolute atomic E-state index is 0.159. The Morgan fingerprint density at radius 2 is 2.18 bits per heavy atom. The molecule has 0 aromatic carbocycles. The molecule has 1 aromatic heterocycles. The van der Waals surface area contributed by atoms with Gasteiger partial charge in [-0.1, -0.05) is 6.07 Å². The van der Waals surface area contributed by atoms with Gasteiger partial charge < -0.3 is 10.5 Å². The first kappa shape index (κ1) is 14.1. The van der Waals surface area contributed by atoms with Crippen LogP contribution in [0, 0.1) is 0 Å². The molecule has 1 rings (SSSR count). The summed E-state index contributed by atoms with van der Waals surface area (Å²) in [6.07, 6.45) is 1.81. The van der Waals surface area contributed by atoms with Gasteiger partial charge in [0.1, 0.15) is 0 Å². The summed E-state index contributed by atoms with van der Waals surface area (Å²) < 4.78 is 5.15. The van der Waals surface area contributed by atoms with Crippen molar-refractivity contribution in [3.05, 3.63) is 30.1 Å². The Morgan fingerprint density at radius 1 is 1.41 bits per heavy atom. The van der Waals surface area contributed by atoms with Crippen molar-refractivity contribution in [2.24, 2.45) is 5.73 Å². The van der Waals surface area contributed by atoms with Crippen LogP contribution in [0.4, 0.5) is 0 Å². The summed E-state index contributed by atoms with van der Waals surface area (Å²) in [5.74, 6) is 0. The van der Waals surface area contributed by atoms with Crippen LogP contribution in [0.1, 0.15) is 25.6 Å². The van der Waals surface area contributed by atoms with E-state index in [1.54, 1.807) is 7.11 Å². The molecule has 0 aliphatic heterocycles. The lowest BCUT2D eigenvalue weighted by atomic mass is 10.1. The van der Waals surface area contributed by atoms with Gasteiger partial charge in [0.2, 0.25) is 0 Å². The molecular formula is C13H23N3O. The first-order chi connectivity index (χ1) is 8.20. The zero-order valence-electron chi connectivity index (χ0n) is 11.0. The minimum Gasteiger partial charge on any atom is -0.383 e. The number of ether oxygens (including phenoxy) is 1. The van der Waals surface area contributed by atoms with Crippen LogP contribution in [0.2, 0.25) is 0 Å². The zero-order chi connectivity index (χ0) is 12.7. The van der Waals surface area contributed by atoms with Crippen LogP contribution in [0.5, 0.6) is 0 Å². The van der Waals surface area contributed by atoms with Crippen molar-refractivity contribution in [2.75, 3.05) is 26.8 Å². The molecule has 0 amide bonds. The Kier molecular flexibility index (Phi) is 6.11. The summed E-state index contributed by atoms with van der Waals surface area (Å²) in [6, 6.07) is 6.53. The second-order valence-corrected chi connectivity index (χ2v) is 4.33. The molecule has 0 saturated heterocycles. The van der Waals surface area contributed by atoms with Crippen LogP contribution < -0.4 is 5.73 Å². The molecule has 96 valence electrons. The average Bonchev–Trinajstić information content (AvgIpc) is 2.35. The normalized spacial score (nSPS) is 13.3. The van der Waals surface area contributed by atoms with E-state index >= 15 is 0 Å². The molecule has 0 fully saturated rings. The van der Waals surface area contributed by atoms with Crippen molar-refractivity contribution in [1.82, 2.24) is 9.88 Å². The number of aromatic nitrogens is 1. The molecule has 0 saturated carbocycles. The van der Waals surface area contributed by atoms with Gasteiger partial charge in [-0.25, -0.2) is 0 Å². The lowest BCUT2D eigenvalue weighted by Crippen LogP contribution is -2.41. The van der Waals surface area contributed by atoms with Crippen LogP contribution in [0.15, 0.2) is 24.4 Å². The fourth-order valence-corrected chi connectivity index (χ4v) is 1.97.